The molecule has 1 aliphatic rings. The minimum Gasteiger partial charge on any atom is -0.462 e. The van der Waals surface area contributed by atoms with Crippen molar-refractivity contribution in [2.75, 3.05) is 6.61 Å². The van der Waals surface area contributed by atoms with Crippen molar-refractivity contribution in [2.24, 2.45) is 0 Å². The van der Waals surface area contributed by atoms with Crippen molar-refractivity contribution in [3.05, 3.63) is 0 Å². The predicted octanol–water partition coefficient (Wildman–Crippen LogP) is 0.792. The van der Waals surface area contributed by atoms with Gasteiger partial charge in [-0.15, -0.1) is 0 Å². The lowest BCUT2D eigenvalue weighted by molar-refractivity contribution is -0.264. The molecule has 0 aromatic heterocycles. The van der Waals surface area contributed by atoms with E-state index in [4.69, 9.17) is 4.74 Å². The standard InChI is InChI=1S/C8H15NO3/c1-7(2)5-12-6(10)8(3,4)9(7)11/h11H,5H2,1-4H3. The molecule has 1 fully saturated rings. The molecule has 0 amide bonds. The highest BCUT2D eigenvalue weighted by Crippen LogP contribution is 2.29. The maximum absolute atomic E-state index is 11.2. The van der Waals surface area contributed by atoms with Gasteiger partial charge in [0.1, 0.15) is 12.1 Å². The summed E-state index contributed by atoms with van der Waals surface area (Å²) in [6, 6.07) is 0. The van der Waals surface area contributed by atoms with Crippen LogP contribution in [0, 0.1) is 0 Å². The molecule has 4 heteroatoms. The molecule has 1 aliphatic heterocycles. The van der Waals surface area contributed by atoms with E-state index in [1.165, 1.54) is 0 Å². The van der Waals surface area contributed by atoms with Gasteiger partial charge >= 0.3 is 5.97 Å². The summed E-state index contributed by atoms with van der Waals surface area (Å²) in [4.78, 5) is 11.2. The number of morpholine rings is 1. The number of hydroxylamine groups is 2. The molecule has 1 rings (SSSR count). The highest BCUT2D eigenvalue weighted by Gasteiger charge is 2.48. The van der Waals surface area contributed by atoms with E-state index in [2.05, 4.69) is 0 Å². The van der Waals surface area contributed by atoms with Crippen molar-refractivity contribution in [1.29, 1.82) is 0 Å². The fraction of sp³-hybridized carbons (Fsp3) is 0.875. The van der Waals surface area contributed by atoms with E-state index >= 15 is 0 Å². The van der Waals surface area contributed by atoms with Gasteiger partial charge in [-0.05, 0) is 27.7 Å². The molecule has 0 saturated carbocycles. The van der Waals surface area contributed by atoms with Gasteiger partial charge in [0.25, 0.3) is 0 Å². The molecule has 0 aliphatic carbocycles. The van der Waals surface area contributed by atoms with Crippen LogP contribution in [0.25, 0.3) is 0 Å². The summed E-state index contributed by atoms with van der Waals surface area (Å²) >= 11 is 0. The third-order valence-electron chi connectivity index (χ3n) is 2.16. The Hall–Kier alpha value is -0.610. The molecule has 12 heavy (non-hydrogen) atoms. The number of carbonyl (C=O) groups excluding carboxylic acids is 1. The molecule has 1 N–H and O–H groups in total. The average molecular weight is 173 g/mol. The van der Waals surface area contributed by atoms with Gasteiger partial charge in [0.05, 0.1) is 5.54 Å². The van der Waals surface area contributed by atoms with Gasteiger partial charge < -0.3 is 9.94 Å². The highest BCUT2D eigenvalue weighted by atomic mass is 16.6. The maximum Gasteiger partial charge on any atom is 0.328 e. The second kappa shape index (κ2) is 2.44. The molecule has 0 spiro atoms. The van der Waals surface area contributed by atoms with E-state index in [9.17, 15) is 10.0 Å². The van der Waals surface area contributed by atoms with Gasteiger partial charge in [-0.2, -0.15) is 5.06 Å². The van der Waals surface area contributed by atoms with Crippen molar-refractivity contribution in [3.8, 4) is 0 Å². The van der Waals surface area contributed by atoms with Gasteiger partial charge in [0.15, 0.2) is 0 Å². The summed E-state index contributed by atoms with van der Waals surface area (Å²) in [5.74, 6) is -0.385. The minimum absolute atomic E-state index is 0.228. The topological polar surface area (TPSA) is 49.8 Å². The smallest absolute Gasteiger partial charge is 0.328 e. The normalized spacial score (nSPS) is 28.2. The molecular formula is C8H15NO3. The first-order chi connectivity index (χ1) is 5.28. The van der Waals surface area contributed by atoms with Crippen LogP contribution >= 0.6 is 0 Å². The number of cyclic esters (lactones) is 1. The van der Waals surface area contributed by atoms with Gasteiger partial charge in [0, 0.05) is 0 Å². The number of rotatable bonds is 0. The van der Waals surface area contributed by atoms with E-state index in [-0.39, 0.29) is 12.6 Å². The van der Waals surface area contributed by atoms with Crippen LogP contribution in [0.4, 0.5) is 0 Å². The Kier molecular flexibility index (Phi) is 1.92. The monoisotopic (exact) mass is 173 g/mol. The number of hydrogen-bond acceptors (Lipinski definition) is 4. The van der Waals surface area contributed by atoms with Gasteiger partial charge in [0.2, 0.25) is 0 Å². The highest BCUT2D eigenvalue weighted by molar-refractivity contribution is 5.80. The molecule has 1 heterocycles. The molecule has 1 saturated heterocycles. The Morgan fingerprint density at radius 3 is 2.33 bits per heavy atom. The molecule has 0 bridgehead atoms. The first-order valence-corrected chi connectivity index (χ1v) is 3.95. The molecule has 0 aromatic carbocycles. The number of carbonyl (C=O) groups is 1. The molecular weight excluding hydrogens is 158 g/mol. The van der Waals surface area contributed by atoms with Gasteiger partial charge in [-0.25, -0.2) is 4.79 Å². The van der Waals surface area contributed by atoms with Gasteiger partial charge in [-0.1, -0.05) is 0 Å². The summed E-state index contributed by atoms with van der Waals surface area (Å²) in [5.41, 5.74) is -1.45. The van der Waals surface area contributed by atoms with Crippen LogP contribution in [0.1, 0.15) is 27.7 Å². The molecule has 0 radical (unpaired) electrons. The third-order valence-corrected chi connectivity index (χ3v) is 2.16. The minimum atomic E-state index is -0.943. The van der Waals surface area contributed by atoms with Gasteiger partial charge in [-0.3, -0.25) is 0 Å². The van der Waals surface area contributed by atoms with Crippen LogP contribution in [0.5, 0.6) is 0 Å². The van der Waals surface area contributed by atoms with Crippen molar-refractivity contribution in [3.63, 3.8) is 0 Å². The fourth-order valence-corrected chi connectivity index (χ4v) is 1.32. The zero-order valence-corrected chi connectivity index (χ0v) is 7.92. The fourth-order valence-electron chi connectivity index (χ4n) is 1.32. The number of nitrogens with zero attached hydrogens (tertiary/aromatic N) is 1. The Balaban J connectivity index is 2.93. The van der Waals surface area contributed by atoms with Crippen LogP contribution in [-0.2, 0) is 9.53 Å². The Morgan fingerprint density at radius 2 is 1.92 bits per heavy atom. The molecule has 70 valence electrons. The van der Waals surface area contributed by atoms with Crippen molar-refractivity contribution < 1.29 is 14.7 Å². The van der Waals surface area contributed by atoms with Crippen LogP contribution in [-0.4, -0.2) is 33.9 Å². The van der Waals surface area contributed by atoms with E-state index < -0.39 is 11.1 Å². The predicted molar refractivity (Wildman–Crippen MR) is 42.7 cm³/mol. The molecule has 0 aromatic rings. The van der Waals surface area contributed by atoms with Crippen LogP contribution < -0.4 is 0 Å². The van der Waals surface area contributed by atoms with Crippen LogP contribution in [0.3, 0.4) is 0 Å². The summed E-state index contributed by atoms with van der Waals surface area (Å²) in [6.07, 6.45) is 0. The SMILES string of the molecule is CC1(C)COC(=O)C(C)(C)N1O. The molecule has 4 nitrogen and oxygen atoms in total. The molecule has 0 unspecified atom stereocenters. The van der Waals surface area contributed by atoms with Crippen molar-refractivity contribution >= 4 is 5.97 Å². The van der Waals surface area contributed by atoms with E-state index in [1.54, 1.807) is 13.8 Å². The van der Waals surface area contributed by atoms with E-state index in [0.717, 1.165) is 5.06 Å². The Bertz CT molecular complexity index is 210. The zero-order chi connectivity index (χ0) is 9.57. The lowest BCUT2D eigenvalue weighted by Gasteiger charge is -2.46. The second-order valence-electron chi connectivity index (χ2n) is 4.26. The van der Waals surface area contributed by atoms with Crippen LogP contribution in [0.2, 0.25) is 0 Å². The summed E-state index contributed by atoms with van der Waals surface area (Å²) in [7, 11) is 0. The largest absolute Gasteiger partial charge is 0.462 e. The number of esters is 1. The van der Waals surface area contributed by atoms with Crippen molar-refractivity contribution in [2.45, 2.75) is 38.8 Å². The Morgan fingerprint density at radius 1 is 1.42 bits per heavy atom. The number of ether oxygens (including phenoxy) is 1. The number of hydrogen-bond donors (Lipinski definition) is 1. The lowest BCUT2D eigenvalue weighted by atomic mass is 9.94. The van der Waals surface area contributed by atoms with E-state index in [1.807, 2.05) is 13.8 Å². The summed E-state index contributed by atoms with van der Waals surface area (Å²) in [5, 5.41) is 10.7. The quantitative estimate of drug-likeness (QED) is 0.550. The van der Waals surface area contributed by atoms with Crippen molar-refractivity contribution in [1.82, 2.24) is 5.06 Å². The zero-order valence-electron chi connectivity index (χ0n) is 7.92. The first kappa shape index (κ1) is 9.48. The third kappa shape index (κ3) is 1.21. The second-order valence-corrected chi connectivity index (χ2v) is 4.26. The molecule has 0 atom stereocenters. The maximum atomic E-state index is 11.2. The van der Waals surface area contributed by atoms with E-state index in [0.29, 0.717) is 0 Å². The Labute approximate surface area is 72.1 Å². The lowest BCUT2D eigenvalue weighted by Crippen LogP contribution is -2.64. The van der Waals surface area contributed by atoms with Crippen LogP contribution in [0.15, 0.2) is 0 Å². The summed E-state index contributed by atoms with van der Waals surface area (Å²) < 4.78 is 4.94. The summed E-state index contributed by atoms with van der Waals surface area (Å²) in [6.45, 7) is 7.14. The first-order valence-electron chi connectivity index (χ1n) is 3.95. The average Bonchev–Trinajstić information content (AvgIpc) is 1.96.